The minimum atomic E-state index is -0.402. The Hall–Kier alpha value is -1.21. The highest BCUT2D eigenvalue weighted by Gasteiger charge is 2.18. The summed E-state index contributed by atoms with van der Waals surface area (Å²) in [5.41, 5.74) is 6.96. The zero-order valence-electron chi connectivity index (χ0n) is 8.65. The topological polar surface area (TPSA) is 49.8 Å². The van der Waals surface area contributed by atoms with Crippen molar-refractivity contribution in [2.24, 2.45) is 0 Å². The van der Waals surface area contributed by atoms with E-state index in [-0.39, 0.29) is 0 Å². The van der Waals surface area contributed by atoms with Gasteiger partial charge in [-0.15, -0.1) is 11.3 Å². The van der Waals surface area contributed by atoms with Crippen LogP contribution in [-0.2, 0) is 0 Å². The highest BCUT2D eigenvalue weighted by molar-refractivity contribution is 7.16. The number of nitriles is 1. The number of nitrogens with zero attached hydrogens (tertiary/aromatic N) is 1. The second-order valence-electron chi connectivity index (χ2n) is 3.48. The molecule has 1 heterocycles. The molecular formula is C12H8Cl2N2S. The molecule has 0 amide bonds. The van der Waals surface area contributed by atoms with E-state index in [9.17, 15) is 5.26 Å². The van der Waals surface area contributed by atoms with Crippen LogP contribution in [0.5, 0.6) is 0 Å². The molecule has 0 aliphatic carbocycles. The van der Waals surface area contributed by atoms with E-state index in [1.807, 2.05) is 6.07 Å². The number of rotatable bonds is 2. The molecule has 0 saturated heterocycles. The first kappa shape index (κ1) is 12.3. The third-order valence-corrected chi connectivity index (χ3v) is 3.97. The van der Waals surface area contributed by atoms with E-state index in [1.165, 1.54) is 11.3 Å². The lowest BCUT2D eigenvalue weighted by Crippen LogP contribution is -1.97. The Morgan fingerprint density at radius 3 is 2.53 bits per heavy atom. The van der Waals surface area contributed by atoms with E-state index < -0.39 is 5.92 Å². The fourth-order valence-corrected chi connectivity index (χ4v) is 2.97. The smallest absolute Gasteiger partial charge is 0.107 e. The van der Waals surface area contributed by atoms with Gasteiger partial charge in [-0.2, -0.15) is 5.26 Å². The van der Waals surface area contributed by atoms with Gasteiger partial charge in [0.1, 0.15) is 5.92 Å². The molecular weight excluding hydrogens is 275 g/mol. The van der Waals surface area contributed by atoms with Crippen LogP contribution in [-0.4, -0.2) is 0 Å². The molecule has 1 aromatic carbocycles. The monoisotopic (exact) mass is 282 g/mol. The molecule has 2 nitrogen and oxygen atoms in total. The zero-order chi connectivity index (χ0) is 12.4. The molecule has 86 valence electrons. The highest BCUT2D eigenvalue weighted by Crippen LogP contribution is 2.35. The molecule has 0 radical (unpaired) electrons. The van der Waals surface area contributed by atoms with E-state index in [0.717, 1.165) is 10.4 Å². The Balaban J connectivity index is 2.46. The molecule has 0 saturated carbocycles. The summed E-state index contributed by atoms with van der Waals surface area (Å²) in [7, 11) is 0. The molecule has 1 unspecified atom stereocenters. The molecule has 17 heavy (non-hydrogen) atoms. The van der Waals surface area contributed by atoms with Crippen molar-refractivity contribution in [3.05, 3.63) is 50.1 Å². The number of halogens is 2. The fraction of sp³-hybridized carbons (Fsp3) is 0.0833. The zero-order valence-corrected chi connectivity index (χ0v) is 11.0. The summed E-state index contributed by atoms with van der Waals surface area (Å²) in [5, 5.41) is 9.76. The van der Waals surface area contributed by atoms with Crippen LogP contribution in [0, 0.1) is 11.3 Å². The van der Waals surface area contributed by atoms with Crippen LogP contribution in [0.2, 0.25) is 9.36 Å². The van der Waals surface area contributed by atoms with Crippen molar-refractivity contribution in [1.29, 1.82) is 5.26 Å². The van der Waals surface area contributed by atoms with Crippen LogP contribution < -0.4 is 5.73 Å². The van der Waals surface area contributed by atoms with Crippen LogP contribution in [0.3, 0.4) is 0 Å². The SMILES string of the molecule is N#CC(c1ccc(Cl)s1)c1ccc(N)cc1Cl. The maximum Gasteiger partial charge on any atom is 0.107 e. The largest absolute Gasteiger partial charge is 0.399 e. The van der Waals surface area contributed by atoms with Crippen LogP contribution >= 0.6 is 34.5 Å². The summed E-state index contributed by atoms with van der Waals surface area (Å²) < 4.78 is 0.659. The van der Waals surface area contributed by atoms with Crippen LogP contribution in [0.4, 0.5) is 5.69 Å². The summed E-state index contributed by atoms with van der Waals surface area (Å²) in [4.78, 5) is 0.879. The molecule has 0 fully saturated rings. The third kappa shape index (κ3) is 2.55. The molecule has 0 bridgehead atoms. The lowest BCUT2D eigenvalue weighted by Gasteiger charge is -2.09. The van der Waals surface area contributed by atoms with E-state index in [1.54, 1.807) is 24.3 Å². The highest BCUT2D eigenvalue weighted by atomic mass is 35.5. The van der Waals surface area contributed by atoms with Crippen LogP contribution in [0.1, 0.15) is 16.4 Å². The maximum absolute atomic E-state index is 9.26. The number of hydrogen-bond donors (Lipinski definition) is 1. The van der Waals surface area contributed by atoms with E-state index in [0.29, 0.717) is 15.0 Å². The molecule has 2 N–H and O–H groups in total. The molecule has 1 atom stereocenters. The molecule has 0 aliphatic heterocycles. The van der Waals surface area contributed by atoms with Crippen molar-refractivity contribution in [3.63, 3.8) is 0 Å². The first-order valence-corrected chi connectivity index (χ1v) is 6.39. The first-order valence-electron chi connectivity index (χ1n) is 4.81. The Kier molecular flexibility index (Phi) is 3.58. The van der Waals surface area contributed by atoms with Gasteiger partial charge in [0, 0.05) is 15.6 Å². The van der Waals surface area contributed by atoms with E-state index in [4.69, 9.17) is 28.9 Å². The lowest BCUT2D eigenvalue weighted by atomic mass is 9.99. The Labute approximate surface area is 113 Å². The third-order valence-electron chi connectivity index (χ3n) is 2.34. The van der Waals surface area contributed by atoms with Gasteiger partial charge in [-0.1, -0.05) is 29.3 Å². The minimum absolute atomic E-state index is 0.402. The number of anilines is 1. The van der Waals surface area contributed by atoms with Gasteiger partial charge >= 0.3 is 0 Å². The first-order chi connectivity index (χ1) is 8.11. The van der Waals surface area contributed by atoms with Crippen LogP contribution in [0.15, 0.2) is 30.3 Å². The number of hydrogen-bond acceptors (Lipinski definition) is 3. The summed E-state index contributed by atoms with van der Waals surface area (Å²) in [5.74, 6) is -0.402. The molecule has 5 heteroatoms. The molecule has 1 aromatic heterocycles. The van der Waals surface area contributed by atoms with Crippen molar-refractivity contribution < 1.29 is 0 Å². The second-order valence-corrected chi connectivity index (χ2v) is 5.64. The van der Waals surface area contributed by atoms with Gasteiger partial charge in [0.05, 0.1) is 10.4 Å². The predicted octanol–water partition coefficient (Wildman–Crippen LogP) is 4.29. The fourth-order valence-electron chi connectivity index (χ4n) is 1.55. The number of benzene rings is 1. The van der Waals surface area contributed by atoms with Crippen molar-refractivity contribution in [2.45, 2.75) is 5.92 Å². The van der Waals surface area contributed by atoms with Gasteiger partial charge in [0.25, 0.3) is 0 Å². The summed E-state index contributed by atoms with van der Waals surface area (Å²) >= 11 is 13.4. The number of thiophene rings is 1. The van der Waals surface area contributed by atoms with E-state index >= 15 is 0 Å². The lowest BCUT2D eigenvalue weighted by molar-refractivity contribution is 1.07. The standard InChI is InChI=1S/C12H8Cl2N2S/c13-10-5-7(16)1-2-8(10)9(6-15)11-3-4-12(14)17-11/h1-5,9H,16H2. The van der Waals surface area contributed by atoms with Crippen molar-refractivity contribution in [1.82, 2.24) is 0 Å². The Morgan fingerprint density at radius 1 is 1.24 bits per heavy atom. The summed E-state index contributed by atoms with van der Waals surface area (Å²) in [6.45, 7) is 0. The molecule has 0 aliphatic rings. The summed E-state index contributed by atoms with van der Waals surface area (Å²) in [6.07, 6.45) is 0. The second kappa shape index (κ2) is 4.97. The van der Waals surface area contributed by atoms with Crippen molar-refractivity contribution in [2.75, 3.05) is 5.73 Å². The van der Waals surface area contributed by atoms with Gasteiger partial charge in [0.2, 0.25) is 0 Å². The van der Waals surface area contributed by atoms with Gasteiger partial charge in [-0.3, -0.25) is 0 Å². The average Bonchev–Trinajstić information content (AvgIpc) is 2.69. The van der Waals surface area contributed by atoms with Gasteiger partial charge in [-0.25, -0.2) is 0 Å². The average molecular weight is 283 g/mol. The van der Waals surface area contributed by atoms with E-state index in [2.05, 4.69) is 6.07 Å². The minimum Gasteiger partial charge on any atom is -0.399 e. The maximum atomic E-state index is 9.26. The summed E-state index contributed by atoms with van der Waals surface area (Å²) in [6, 6.07) is 11.0. The molecule has 2 rings (SSSR count). The normalized spacial score (nSPS) is 12.1. The number of nitrogens with two attached hydrogens (primary N) is 1. The predicted molar refractivity (Wildman–Crippen MR) is 72.6 cm³/mol. The van der Waals surface area contributed by atoms with Crippen LogP contribution in [0.25, 0.3) is 0 Å². The van der Waals surface area contributed by atoms with Crippen molar-refractivity contribution in [3.8, 4) is 6.07 Å². The Bertz CT molecular complexity index is 586. The number of nitrogen functional groups attached to an aromatic ring is 1. The Morgan fingerprint density at radius 2 is 2.00 bits per heavy atom. The molecule has 0 spiro atoms. The van der Waals surface area contributed by atoms with Gasteiger partial charge in [-0.05, 0) is 29.8 Å². The van der Waals surface area contributed by atoms with Gasteiger partial charge in [0.15, 0.2) is 0 Å². The molecule has 2 aromatic rings. The van der Waals surface area contributed by atoms with Gasteiger partial charge < -0.3 is 5.73 Å². The van der Waals surface area contributed by atoms with Crippen molar-refractivity contribution >= 4 is 40.2 Å². The quantitative estimate of drug-likeness (QED) is 0.836.